The first-order valence-electron chi connectivity index (χ1n) is 5.82. The Balaban J connectivity index is 2.36. The number of nitrogens with two attached hydrogens (primary N) is 1. The van der Waals surface area contributed by atoms with Crippen molar-refractivity contribution in [2.45, 2.75) is 39.2 Å². The van der Waals surface area contributed by atoms with Crippen molar-refractivity contribution in [2.75, 3.05) is 0 Å². The Morgan fingerprint density at radius 3 is 2.47 bits per heavy atom. The number of rotatable bonds is 6. The summed E-state index contributed by atoms with van der Waals surface area (Å²) in [7, 11) is 0. The zero-order valence-corrected chi connectivity index (χ0v) is 9.58. The van der Waals surface area contributed by atoms with Crippen molar-refractivity contribution in [1.29, 1.82) is 0 Å². The Morgan fingerprint density at radius 1 is 1.13 bits per heavy atom. The van der Waals surface area contributed by atoms with Gasteiger partial charge in [0.05, 0.1) is 0 Å². The fourth-order valence-electron chi connectivity index (χ4n) is 1.50. The van der Waals surface area contributed by atoms with Gasteiger partial charge in [-0.05, 0) is 24.0 Å². The zero-order chi connectivity index (χ0) is 10.9. The van der Waals surface area contributed by atoms with E-state index in [2.05, 4.69) is 43.3 Å². The van der Waals surface area contributed by atoms with E-state index in [0.29, 0.717) is 6.54 Å². The van der Waals surface area contributed by atoms with Crippen LogP contribution in [0.1, 0.15) is 43.7 Å². The maximum atomic E-state index is 5.54. The predicted octanol–water partition coefficient (Wildman–Crippen LogP) is 3.74. The molecule has 0 radical (unpaired) electrons. The summed E-state index contributed by atoms with van der Waals surface area (Å²) in [5, 5.41) is 0. The van der Waals surface area contributed by atoms with Crippen LogP contribution in [-0.4, -0.2) is 0 Å². The lowest BCUT2D eigenvalue weighted by molar-refractivity contribution is 0.730. The summed E-state index contributed by atoms with van der Waals surface area (Å²) in [6.45, 7) is 2.86. The molecule has 0 aliphatic heterocycles. The van der Waals surface area contributed by atoms with Crippen LogP contribution in [-0.2, 0) is 6.54 Å². The van der Waals surface area contributed by atoms with Gasteiger partial charge in [0, 0.05) is 6.54 Å². The second-order valence-corrected chi connectivity index (χ2v) is 3.84. The van der Waals surface area contributed by atoms with Gasteiger partial charge in [-0.1, -0.05) is 56.2 Å². The van der Waals surface area contributed by atoms with E-state index in [0.717, 1.165) is 0 Å². The van der Waals surface area contributed by atoms with Crippen LogP contribution in [0, 0.1) is 0 Å². The Bertz CT molecular complexity index is 285. The molecule has 0 spiro atoms. The van der Waals surface area contributed by atoms with E-state index in [-0.39, 0.29) is 0 Å². The number of unbranched alkanes of at least 4 members (excludes halogenated alkanes) is 3. The average molecular weight is 203 g/mol. The van der Waals surface area contributed by atoms with E-state index in [1.807, 2.05) is 0 Å². The minimum atomic E-state index is 0.625. The highest BCUT2D eigenvalue weighted by Crippen LogP contribution is 2.07. The molecule has 0 heterocycles. The Labute approximate surface area is 93.0 Å². The Kier molecular flexibility index (Phi) is 5.79. The smallest absolute Gasteiger partial charge is 0.0178 e. The van der Waals surface area contributed by atoms with Gasteiger partial charge in [-0.3, -0.25) is 0 Å². The molecule has 0 saturated carbocycles. The molecule has 1 rings (SSSR count). The molecule has 0 aliphatic carbocycles. The number of allylic oxidation sites excluding steroid dienone is 1. The lowest BCUT2D eigenvalue weighted by atomic mass is 10.1. The molecule has 0 unspecified atom stereocenters. The standard InChI is InChI=1S/C14H21N/c1-2-3-4-5-6-7-13-8-10-14(12-15)11-9-13/h6-11H,2-5,12,15H2,1H3. The Hall–Kier alpha value is -1.08. The molecule has 1 nitrogen and oxygen atoms in total. The van der Waals surface area contributed by atoms with E-state index in [9.17, 15) is 0 Å². The topological polar surface area (TPSA) is 26.0 Å². The highest BCUT2D eigenvalue weighted by atomic mass is 14.5. The van der Waals surface area contributed by atoms with Crippen molar-refractivity contribution in [3.8, 4) is 0 Å². The van der Waals surface area contributed by atoms with Crippen molar-refractivity contribution in [2.24, 2.45) is 5.73 Å². The third kappa shape index (κ3) is 4.80. The summed E-state index contributed by atoms with van der Waals surface area (Å²) in [4.78, 5) is 0. The zero-order valence-electron chi connectivity index (χ0n) is 9.58. The van der Waals surface area contributed by atoms with Gasteiger partial charge in [-0.25, -0.2) is 0 Å². The average Bonchev–Trinajstić information content (AvgIpc) is 2.30. The number of benzene rings is 1. The SMILES string of the molecule is CCCCCC=Cc1ccc(CN)cc1. The van der Waals surface area contributed by atoms with Crippen molar-refractivity contribution < 1.29 is 0 Å². The van der Waals surface area contributed by atoms with Gasteiger partial charge in [0.25, 0.3) is 0 Å². The largest absolute Gasteiger partial charge is 0.326 e. The molecule has 1 aromatic carbocycles. The highest BCUT2D eigenvalue weighted by molar-refractivity contribution is 5.49. The molecule has 1 aromatic rings. The highest BCUT2D eigenvalue weighted by Gasteiger charge is 1.89. The summed E-state index contributed by atoms with van der Waals surface area (Å²) < 4.78 is 0. The second-order valence-electron chi connectivity index (χ2n) is 3.84. The van der Waals surface area contributed by atoms with Gasteiger partial charge in [0.2, 0.25) is 0 Å². The first-order chi connectivity index (χ1) is 7.36. The van der Waals surface area contributed by atoms with Crippen LogP contribution in [0.25, 0.3) is 6.08 Å². The van der Waals surface area contributed by atoms with E-state index >= 15 is 0 Å². The second kappa shape index (κ2) is 7.24. The third-order valence-corrected chi connectivity index (χ3v) is 2.50. The van der Waals surface area contributed by atoms with Crippen LogP contribution >= 0.6 is 0 Å². The van der Waals surface area contributed by atoms with Gasteiger partial charge in [0.15, 0.2) is 0 Å². The van der Waals surface area contributed by atoms with Gasteiger partial charge in [-0.2, -0.15) is 0 Å². The third-order valence-electron chi connectivity index (χ3n) is 2.50. The maximum Gasteiger partial charge on any atom is 0.0178 e. The fraction of sp³-hybridized carbons (Fsp3) is 0.429. The maximum absolute atomic E-state index is 5.54. The van der Waals surface area contributed by atoms with Gasteiger partial charge in [0.1, 0.15) is 0 Å². The van der Waals surface area contributed by atoms with Gasteiger partial charge >= 0.3 is 0 Å². The molecule has 0 amide bonds. The van der Waals surface area contributed by atoms with Crippen molar-refractivity contribution >= 4 is 6.08 Å². The number of hydrogen-bond acceptors (Lipinski definition) is 1. The number of hydrogen-bond donors (Lipinski definition) is 1. The van der Waals surface area contributed by atoms with Crippen LogP contribution < -0.4 is 5.73 Å². The molecule has 0 saturated heterocycles. The molecule has 0 bridgehead atoms. The summed E-state index contributed by atoms with van der Waals surface area (Å²) in [5.74, 6) is 0. The molecular formula is C14H21N. The molecule has 0 aromatic heterocycles. The minimum absolute atomic E-state index is 0.625. The van der Waals surface area contributed by atoms with E-state index in [1.165, 1.54) is 36.8 Å². The summed E-state index contributed by atoms with van der Waals surface area (Å²) in [5.41, 5.74) is 8.00. The lowest BCUT2D eigenvalue weighted by Crippen LogP contribution is -1.94. The molecule has 15 heavy (non-hydrogen) atoms. The van der Waals surface area contributed by atoms with Crippen LogP contribution in [0.2, 0.25) is 0 Å². The van der Waals surface area contributed by atoms with Crippen molar-refractivity contribution in [3.05, 3.63) is 41.5 Å². The van der Waals surface area contributed by atoms with Crippen LogP contribution in [0.5, 0.6) is 0 Å². The molecule has 0 aliphatic rings. The van der Waals surface area contributed by atoms with Crippen LogP contribution in [0.3, 0.4) is 0 Å². The van der Waals surface area contributed by atoms with Crippen molar-refractivity contribution in [1.82, 2.24) is 0 Å². The summed E-state index contributed by atoms with van der Waals surface area (Å²) in [6, 6.07) is 8.43. The minimum Gasteiger partial charge on any atom is -0.326 e. The molecule has 0 fully saturated rings. The molecule has 2 N–H and O–H groups in total. The summed E-state index contributed by atoms with van der Waals surface area (Å²) in [6.07, 6.45) is 9.55. The van der Waals surface area contributed by atoms with Crippen molar-refractivity contribution in [3.63, 3.8) is 0 Å². The monoisotopic (exact) mass is 203 g/mol. The first-order valence-corrected chi connectivity index (χ1v) is 5.82. The molecule has 1 heteroatoms. The van der Waals surface area contributed by atoms with E-state index < -0.39 is 0 Å². The summed E-state index contributed by atoms with van der Waals surface area (Å²) >= 11 is 0. The lowest BCUT2D eigenvalue weighted by Gasteiger charge is -1.97. The van der Waals surface area contributed by atoms with E-state index in [1.54, 1.807) is 0 Å². The fourth-order valence-corrected chi connectivity index (χ4v) is 1.50. The quantitative estimate of drug-likeness (QED) is 0.700. The van der Waals surface area contributed by atoms with Crippen LogP contribution in [0.4, 0.5) is 0 Å². The molecular weight excluding hydrogens is 182 g/mol. The molecule has 0 atom stereocenters. The molecule has 82 valence electrons. The Morgan fingerprint density at radius 2 is 1.87 bits per heavy atom. The normalized spacial score (nSPS) is 11.1. The van der Waals surface area contributed by atoms with Gasteiger partial charge in [-0.15, -0.1) is 0 Å². The van der Waals surface area contributed by atoms with E-state index in [4.69, 9.17) is 5.73 Å². The van der Waals surface area contributed by atoms with Gasteiger partial charge < -0.3 is 5.73 Å². The predicted molar refractivity (Wildman–Crippen MR) is 67.5 cm³/mol. The first kappa shape index (κ1) is 12.0. The van der Waals surface area contributed by atoms with Crippen LogP contribution in [0.15, 0.2) is 30.3 Å².